The molecule has 1 heterocycles. The SMILES string of the molecule is O=C(NCCc1ncon1)NCC1(C(=O)O)CCC1. The van der Waals surface area contributed by atoms with Gasteiger partial charge < -0.3 is 20.3 Å². The van der Waals surface area contributed by atoms with Gasteiger partial charge in [0.15, 0.2) is 5.82 Å². The average Bonchev–Trinajstić information content (AvgIpc) is 2.80. The lowest BCUT2D eigenvalue weighted by atomic mass is 9.69. The molecular weight excluding hydrogens is 252 g/mol. The van der Waals surface area contributed by atoms with Crippen LogP contribution in [0.3, 0.4) is 0 Å². The molecule has 2 amide bonds. The number of amides is 2. The summed E-state index contributed by atoms with van der Waals surface area (Å²) >= 11 is 0. The number of carboxylic acid groups (broad SMARTS) is 1. The minimum atomic E-state index is -0.842. The molecule has 1 saturated carbocycles. The molecule has 0 aromatic carbocycles. The summed E-state index contributed by atoms with van der Waals surface area (Å²) in [5, 5.41) is 17.9. The van der Waals surface area contributed by atoms with Crippen LogP contribution in [-0.4, -0.2) is 40.3 Å². The Bertz CT molecular complexity index is 442. The number of carboxylic acids is 1. The van der Waals surface area contributed by atoms with E-state index in [0.29, 0.717) is 31.6 Å². The quantitative estimate of drug-likeness (QED) is 0.676. The summed E-state index contributed by atoms with van der Waals surface area (Å²) in [7, 11) is 0. The number of urea groups is 1. The first-order valence-electron chi connectivity index (χ1n) is 6.13. The first kappa shape index (κ1) is 13.3. The van der Waals surface area contributed by atoms with Crippen molar-refractivity contribution in [1.82, 2.24) is 20.8 Å². The second-order valence-electron chi connectivity index (χ2n) is 4.65. The number of carbonyl (C=O) groups excluding carboxylic acids is 1. The van der Waals surface area contributed by atoms with Crippen molar-refractivity contribution in [1.29, 1.82) is 0 Å². The number of nitrogens with zero attached hydrogens (tertiary/aromatic N) is 2. The van der Waals surface area contributed by atoms with Gasteiger partial charge in [-0.3, -0.25) is 4.79 Å². The monoisotopic (exact) mass is 268 g/mol. The van der Waals surface area contributed by atoms with Crippen LogP contribution in [0.4, 0.5) is 4.79 Å². The maximum atomic E-state index is 11.5. The number of hydrogen-bond donors (Lipinski definition) is 3. The molecule has 1 aromatic rings. The van der Waals surface area contributed by atoms with Crippen molar-refractivity contribution in [3.8, 4) is 0 Å². The van der Waals surface area contributed by atoms with Crippen molar-refractivity contribution in [2.24, 2.45) is 5.41 Å². The van der Waals surface area contributed by atoms with E-state index in [4.69, 9.17) is 5.11 Å². The molecule has 1 aliphatic carbocycles. The predicted octanol–water partition coefficient (Wildman–Crippen LogP) is 0.166. The van der Waals surface area contributed by atoms with Crippen LogP contribution in [0.5, 0.6) is 0 Å². The van der Waals surface area contributed by atoms with Crippen molar-refractivity contribution >= 4 is 12.0 Å². The molecule has 0 bridgehead atoms. The van der Waals surface area contributed by atoms with E-state index in [-0.39, 0.29) is 12.6 Å². The van der Waals surface area contributed by atoms with E-state index in [2.05, 4.69) is 25.3 Å². The number of aromatic nitrogens is 2. The lowest BCUT2D eigenvalue weighted by Crippen LogP contribution is -2.49. The van der Waals surface area contributed by atoms with Gasteiger partial charge in [-0.1, -0.05) is 11.6 Å². The van der Waals surface area contributed by atoms with Crippen molar-refractivity contribution in [2.75, 3.05) is 13.1 Å². The van der Waals surface area contributed by atoms with Gasteiger partial charge in [-0.25, -0.2) is 4.79 Å². The second kappa shape index (κ2) is 5.68. The van der Waals surface area contributed by atoms with Gasteiger partial charge in [0.2, 0.25) is 6.39 Å². The van der Waals surface area contributed by atoms with Gasteiger partial charge in [0, 0.05) is 19.5 Å². The third-order valence-corrected chi connectivity index (χ3v) is 3.39. The van der Waals surface area contributed by atoms with Crippen LogP contribution >= 0.6 is 0 Å². The lowest BCUT2D eigenvalue weighted by Gasteiger charge is -2.37. The fourth-order valence-electron chi connectivity index (χ4n) is 1.97. The molecule has 2 rings (SSSR count). The summed E-state index contributed by atoms with van der Waals surface area (Å²) in [6, 6.07) is -0.379. The Morgan fingerprint density at radius 1 is 1.42 bits per heavy atom. The Kier molecular flexibility index (Phi) is 3.98. The standard InChI is InChI=1S/C11H16N4O4/c16-9(17)11(3-1-4-11)6-13-10(18)12-5-2-8-14-7-19-15-8/h7H,1-6H2,(H,16,17)(H2,12,13,18). The zero-order valence-electron chi connectivity index (χ0n) is 10.4. The highest BCUT2D eigenvalue weighted by atomic mass is 16.5. The van der Waals surface area contributed by atoms with Gasteiger partial charge in [0.1, 0.15) is 0 Å². The Balaban J connectivity index is 1.66. The molecule has 104 valence electrons. The van der Waals surface area contributed by atoms with E-state index in [0.717, 1.165) is 6.42 Å². The van der Waals surface area contributed by atoms with Crippen LogP contribution < -0.4 is 10.6 Å². The molecule has 8 heteroatoms. The molecule has 1 fully saturated rings. The Hall–Kier alpha value is -2.12. The fraction of sp³-hybridized carbons (Fsp3) is 0.636. The van der Waals surface area contributed by atoms with Gasteiger partial charge >= 0.3 is 12.0 Å². The first-order valence-corrected chi connectivity index (χ1v) is 6.13. The zero-order chi connectivity index (χ0) is 13.7. The summed E-state index contributed by atoms with van der Waals surface area (Å²) in [4.78, 5) is 26.4. The predicted molar refractivity (Wildman–Crippen MR) is 63.3 cm³/mol. The van der Waals surface area contributed by atoms with Gasteiger partial charge in [-0.2, -0.15) is 4.98 Å². The number of nitrogens with one attached hydrogen (secondary N) is 2. The van der Waals surface area contributed by atoms with Crippen molar-refractivity contribution in [3.63, 3.8) is 0 Å². The van der Waals surface area contributed by atoms with E-state index in [1.54, 1.807) is 0 Å². The molecule has 0 unspecified atom stereocenters. The number of rotatable bonds is 6. The van der Waals surface area contributed by atoms with Gasteiger partial charge in [0.25, 0.3) is 0 Å². The normalized spacial score (nSPS) is 16.4. The van der Waals surface area contributed by atoms with Gasteiger partial charge in [-0.05, 0) is 12.8 Å². The van der Waals surface area contributed by atoms with Crippen LogP contribution in [0.2, 0.25) is 0 Å². The van der Waals surface area contributed by atoms with E-state index >= 15 is 0 Å². The lowest BCUT2D eigenvalue weighted by molar-refractivity contribution is -0.153. The Morgan fingerprint density at radius 2 is 2.21 bits per heavy atom. The van der Waals surface area contributed by atoms with Crippen LogP contribution in [-0.2, 0) is 11.2 Å². The van der Waals surface area contributed by atoms with Crippen molar-refractivity contribution in [3.05, 3.63) is 12.2 Å². The summed E-state index contributed by atoms with van der Waals surface area (Å²) in [6.07, 6.45) is 3.82. The van der Waals surface area contributed by atoms with E-state index in [1.807, 2.05) is 0 Å². The molecular formula is C11H16N4O4. The number of hydrogen-bond acceptors (Lipinski definition) is 5. The third-order valence-electron chi connectivity index (χ3n) is 3.39. The zero-order valence-corrected chi connectivity index (χ0v) is 10.4. The van der Waals surface area contributed by atoms with Crippen molar-refractivity contribution < 1.29 is 19.2 Å². The summed E-state index contributed by atoms with van der Waals surface area (Å²) < 4.78 is 4.56. The molecule has 8 nitrogen and oxygen atoms in total. The first-order chi connectivity index (χ1) is 9.12. The van der Waals surface area contributed by atoms with E-state index in [9.17, 15) is 9.59 Å². The molecule has 3 N–H and O–H groups in total. The highest BCUT2D eigenvalue weighted by Crippen LogP contribution is 2.40. The minimum Gasteiger partial charge on any atom is -0.481 e. The highest BCUT2D eigenvalue weighted by Gasteiger charge is 2.44. The largest absolute Gasteiger partial charge is 0.481 e. The number of carbonyl (C=O) groups is 2. The molecule has 1 aliphatic rings. The molecule has 0 aliphatic heterocycles. The van der Waals surface area contributed by atoms with Crippen LogP contribution in [0.15, 0.2) is 10.9 Å². The summed E-state index contributed by atoms with van der Waals surface area (Å²) in [5.41, 5.74) is -0.773. The van der Waals surface area contributed by atoms with Crippen molar-refractivity contribution in [2.45, 2.75) is 25.7 Å². The molecule has 19 heavy (non-hydrogen) atoms. The third kappa shape index (κ3) is 3.21. The number of aliphatic carboxylic acids is 1. The van der Waals surface area contributed by atoms with Crippen LogP contribution in [0.25, 0.3) is 0 Å². The Labute approximate surface area is 109 Å². The van der Waals surface area contributed by atoms with Crippen LogP contribution in [0.1, 0.15) is 25.1 Å². The average molecular weight is 268 g/mol. The molecule has 0 radical (unpaired) electrons. The maximum Gasteiger partial charge on any atom is 0.314 e. The molecule has 0 saturated heterocycles. The topological polar surface area (TPSA) is 117 Å². The Morgan fingerprint density at radius 3 is 2.74 bits per heavy atom. The summed E-state index contributed by atoms with van der Waals surface area (Å²) in [6.45, 7) is 0.530. The van der Waals surface area contributed by atoms with Gasteiger partial charge in [-0.15, -0.1) is 0 Å². The summed E-state index contributed by atoms with van der Waals surface area (Å²) in [5.74, 6) is -0.327. The van der Waals surface area contributed by atoms with Gasteiger partial charge in [0.05, 0.1) is 5.41 Å². The van der Waals surface area contributed by atoms with Crippen LogP contribution in [0, 0.1) is 5.41 Å². The van der Waals surface area contributed by atoms with E-state index < -0.39 is 11.4 Å². The van der Waals surface area contributed by atoms with E-state index in [1.165, 1.54) is 6.39 Å². The highest BCUT2D eigenvalue weighted by molar-refractivity contribution is 5.78. The molecule has 1 aromatic heterocycles. The fourth-order valence-corrected chi connectivity index (χ4v) is 1.97. The minimum absolute atomic E-state index is 0.163. The second-order valence-corrected chi connectivity index (χ2v) is 4.65. The molecule has 0 spiro atoms. The molecule has 0 atom stereocenters. The maximum absolute atomic E-state index is 11.5. The smallest absolute Gasteiger partial charge is 0.314 e.